The summed E-state index contributed by atoms with van der Waals surface area (Å²) < 4.78 is 0. The van der Waals surface area contributed by atoms with E-state index in [1.807, 2.05) is 31.2 Å². The first-order valence-corrected chi connectivity index (χ1v) is 7.24. The Bertz CT molecular complexity index is 530. The number of carbonyl (C=O) groups is 2. The highest BCUT2D eigenvalue weighted by atomic mass is 16.4. The van der Waals surface area contributed by atoms with Gasteiger partial charge in [-0.25, -0.2) is 0 Å². The number of amides is 1. The van der Waals surface area contributed by atoms with E-state index in [0.29, 0.717) is 19.5 Å². The van der Waals surface area contributed by atoms with Crippen LogP contribution in [-0.4, -0.2) is 53.0 Å². The van der Waals surface area contributed by atoms with Gasteiger partial charge in [-0.3, -0.25) is 14.5 Å². The van der Waals surface area contributed by atoms with Crippen LogP contribution in [0.3, 0.4) is 0 Å². The SMILES string of the molecule is Cc1ccccc1CN(C)C(=O)CN1CCCC1C(=O)O. The van der Waals surface area contributed by atoms with E-state index in [4.69, 9.17) is 5.11 Å². The van der Waals surface area contributed by atoms with Crippen LogP contribution in [0.5, 0.6) is 0 Å². The number of carboxylic acids is 1. The lowest BCUT2D eigenvalue weighted by atomic mass is 10.1. The zero-order valence-electron chi connectivity index (χ0n) is 12.6. The molecule has 0 saturated carbocycles. The van der Waals surface area contributed by atoms with Crippen molar-refractivity contribution in [3.05, 3.63) is 35.4 Å². The molecule has 0 spiro atoms. The second-order valence-corrected chi connectivity index (χ2v) is 5.64. The summed E-state index contributed by atoms with van der Waals surface area (Å²) in [6.07, 6.45) is 1.47. The molecular weight excluding hydrogens is 268 g/mol. The fourth-order valence-electron chi connectivity index (χ4n) is 2.72. The number of hydrogen-bond acceptors (Lipinski definition) is 3. The van der Waals surface area contributed by atoms with Gasteiger partial charge in [-0.05, 0) is 37.4 Å². The lowest BCUT2D eigenvalue weighted by Gasteiger charge is -2.24. The molecule has 5 nitrogen and oxygen atoms in total. The van der Waals surface area contributed by atoms with E-state index in [9.17, 15) is 9.59 Å². The van der Waals surface area contributed by atoms with Crippen LogP contribution in [0.2, 0.25) is 0 Å². The first kappa shape index (κ1) is 15.5. The number of rotatable bonds is 5. The molecule has 1 aliphatic rings. The average molecular weight is 290 g/mol. The number of hydrogen-bond donors (Lipinski definition) is 1. The zero-order valence-corrected chi connectivity index (χ0v) is 12.6. The van der Waals surface area contributed by atoms with Crippen molar-refractivity contribution >= 4 is 11.9 Å². The summed E-state index contributed by atoms with van der Waals surface area (Å²) in [6, 6.07) is 7.45. The number of likely N-dealkylation sites (N-methyl/N-ethyl adjacent to an activating group) is 1. The Balaban J connectivity index is 1.94. The topological polar surface area (TPSA) is 60.9 Å². The minimum absolute atomic E-state index is 0.0357. The van der Waals surface area contributed by atoms with Crippen molar-refractivity contribution in [3.63, 3.8) is 0 Å². The van der Waals surface area contributed by atoms with Gasteiger partial charge >= 0.3 is 5.97 Å². The number of benzene rings is 1. The predicted octanol–water partition coefficient (Wildman–Crippen LogP) is 1.50. The Kier molecular flexibility index (Phi) is 4.96. The molecular formula is C16H22N2O3. The van der Waals surface area contributed by atoms with Crippen LogP contribution in [0, 0.1) is 6.92 Å². The number of carboxylic acid groups (broad SMARTS) is 1. The van der Waals surface area contributed by atoms with Crippen molar-refractivity contribution in [2.45, 2.75) is 32.4 Å². The highest BCUT2D eigenvalue weighted by Gasteiger charge is 2.32. The molecule has 2 rings (SSSR count). The molecule has 1 saturated heterocycles. The predicted molar refractivity (Wildman–Crippen MR) is 79.9 cm³/mol. The number of nitrogens with zero attached hydrogens (tertiary/aromatic N) is 2. The minimum Gasteiger partial charge on any atom is -0.480 e. The molecule has 21 heavy (non-hydrogen) atoms. The Morgan fingerprint density at radius 2 is 2.10 bits per heavy atom. The number of likely N-dealkylation sites (tertiary alicyclic amines) is 1. The normalized spacial score (nSPS) is 18.7. The van der Waals surface area contributed by atoms with E-state index in [1.165, 1.54) is 0 Å². The van der Waals surface area contributed by atoms with Gasteiger partial charge in [-0.2, -0.15) is 0 Å². The third-order valence-corrected chi connectivity index (χ3v) is 4.08. The van der Waals surface area contributed by atoms with Gasteiger partial charge < -0.3 is 10.0 Å². The van der Waals surface area contributed by atoms with Crippen LogP contribution in [0.4, 0.5) is 0 Å². The van der Waals surface area contributed by atoms with Gasteiger partial charge in [-0.1, -0.05) is 24.3 Å². The third kappa shape index (κ3) is 3.82. The molecule has 0 aliphatic carbocycles. The van der Waals surface area contributed by atoms with Crippen LogP contribution < -0.4 is 0 Å². The second-order valence-electron chi connectivity index (χ2n) is 5.64. The Labute approximate surface area is 125 Å². The van der Waals surface area contributed by atoms with E-state index in [2.05, 4.69) is 0 Å². The van der Waals surface area contributed by atoms with E-state index >= 15 is 0 Å². The summed E-state index contributed by atoms with van der Waals surface area (Å²) in [5.41, 5.74) is 2.27. The molecule has 114 valence electrons. The highest BCUT2D eigenvalue weighted by molar-refractivity contribution is 5.80. The summed E-state index contributed by atoms with van der Waals surface area (Å²) in [4.78, 5) is 26.8. The largest absolute Gasteiger partial charge is 0.480 e. The van der Waals surface area contributed by atoms with Crippen LogP contribution in [0.25, 0.3) is 0 Å². The highest BCUT2D eigenvalue weighted by Crippen LogP contribution is 2.17. The van der Waals surface area contributed by atoms with Gasteiger partial charge in [0.05, 0.1) is 6.54 Å². The van der Waals surface area contributed by atoms with Gasteiger partial charge in [0, 0.05) is 13.6 Å². The van der Waals surface area contributed by atoms with Crippen LogP contribution >= 0.6 is 0 Å². The van der Waals surface area contributed by atoms with Gasteiger partial charge in [0.2, 0.25) is 5.91 Å². The Hall–Kier alpha value is -1.88. The molecule has 0 bridgehead atoms. The van der Waals surface area contributed by atoms with E-state index in [0.717, 1.165) is 17.5 Å². The maximum Gasteiger partial charge on any atom is 0.320 e. The van der Waals surface area contributed by atoms with Gasteiger partial charge in [0.15, 0.2) is 0 Å². The van der Waals surface area contributed by atoms with Crippen molar-refractivity contribution in [2.24, 2.45) is 0 Å². The summed E-state index contributed by atoms with van der Waals surface area (Å²) in [7, 11) is 1.76. The van der Waals surface area contributed by atoms with Crippen LogP contribution in [0.1, 0.15) is 24.0 Å². The second kappa shape index (κ2) is 6.72. The van der Waals surface area contributed by atoms with E-state index in [1.54, 1.807) is 16.8 Å². The molecule has 1 heterocycles. The minimum atomic E-state index is -0.832. The number of aliphatic carboxylic acids is 1. The van der Waals surface area contributed by atoms with E-state index < -0.39 is 12.0 Å². The van der Waals surface area contributed by atoms with Crippen molar-refractivity contribution in [3.8, 4) is 0 Å². The molecule has 1 aromatic carbocycles. The summed E-state index contributed by atoms with van der Waals surface area (Å²) >= 11 is 0. The molecule has 1 fully saturated rings. The molecule has 1 N–H and O–H groups in total. The standard InChI is InChI=1S/C16H22N2O3/c1-12-6-3-4-7-13(12)10-17(2)15(19)11-18-9-5-8-14(18)16(20)21/h3-4,6-7,14H,5,8-11H2,1-2H3,(H,20,21). The van der Waals surface area contributed by atoms with Crippen molar-refractivity contribution in [1.29, 1.82) is 0 Å². The molecule has 1 unspecified atom stereocenters. The van der Waals surface area contributed by atoms with Crippen molar-refractivity contribution < 1.29 is 14.7 Å². The monoisotopic (exact) mass is 290 g/mol. The molecule has 0 radical (unpaired) electrons. The Morgan fingerprint density at radius 1 is 1.38 bits per heavy atom. The molecule has 1 aromatic rings. The van der Waals surface area contributed by atoms with Gasteiger partial charge in [0.25, 0.3) is 0 Å². The van der Waals surface area contributed by atoms with Crippen LogP contribution in [-0.2, 0) is 16.1 Å². The molecule has 5 heteroatoms. The summed E-state index contributed by atoms with van der Waals surface area (Å²) in [6.45, 7) is 3.44. The maximum atomic E-state index is 12.3. The lowest BCUT2D eigenvalue weighted by Crippen LogP contribution is -2.43. The van der Waals surface area contributed by atoms with Gasteiger partial charge in [0.1, 0.15) is 6.04 Å². The first-order valence-electron chi connectivity index (χ1n) is 7.24. The first-order chi connectivity index (χ1) is 9.99. The van der Waals surface area contributed by atoms with Crippen molar-refractivity contribution in [2.75, 3.05) is 20.1 Å². The maximum absolute atomic E-state index is 12.3. The molecule has 1 atom stereocenters. The smallest absolute Gasteiger partial charge is 0.320 e. The number of aryl methyl sites for hydroxylation is 1. The molecule has 1 aliphatic heterocycles. The summed E-state index contributed by atoms with van der Waals surface area (Å²) in [5.74, 6) is -0.867. The summed E-state index contributed by atoms with van der Waals surface area (Å²) in [5, 5.41) is 9.14. The van der Waals surface area contributed by atoms with E-state index in [-0.39, 0.29) is 12.5 Å². The zero-order chi connectivity index (χ0) is 15.4. The fraction of sp³-hybridized carbons (Fsp3) is 0.500. The lowest BCUT2D eigenvalue weighted by molar-refractivity contribution is -0.143. The van der Waals surface area contributed by atoms with Crippen molar-refractivity contribution in [1.82, 2.24) is 9.80 Å². The molecule has 1 amide bonds. The Morgan fingerprint density at radius 3 is 2.76 bits per heavy atom. The number of carbonyl (C=O) groups excluding carboxylic acids is 1. The molecule has 0 aromatic heterocycles. The van der Waals surface area contributed by atoms with Gasteiger partial charge in [-0.15, -0.1) is 0 Å². The third-order valence-electron chi connectivity index (χ3n) is 4.08. The quantitative estimate of drug-likeness (QED) is 0.893. The fourth-order valence-corrected chi connectivity index (χ4v) is 2.72. The van der Waals surface area contributed by atoms with Crippen LogP contribution in [0.15, 0.2) is 24.3 Å². The average Bonchev–Trinajstić information content (AvgIpc) is 2.89.